The summed E-state index contributed by atoms with van der Waals surface area (Å²) >= 11 is 0. The Morgan fingerprint density at radius 2 is 1.33 bits per heavy atom. The van der Waals surface area contributed by atoms with Crippen LogP contribution in [0.4, 0.5) is 19.4 Å². The van der Waals surface area contributed by atoms with E-state index in [0.717, 1.165) is 0 Å². The highest BCUT2D eigenvalue weighted by Crippen LogP contribution is 2.22. The van der Waals surface area contributed by atoms with Gasteiger partial charge in [-0.15, -0.1) is 0 Å². The lowest BCUT2D eigenvalue weighted by Crippen LogP contribution is -2.35. The van der Waals surface area contributed by atoms with E-state index in [1.165, 1.54) is 39.5 Å². The van der Waals surface area contributed by atoms with Gasteiger partial charge in [-0.25, -0.2) is 23.1 Å². The fourth-order valence-electron chi connectivity index (χ4n) is 4.49. The van der Waals surface area contributed by atoms with Gasteiger partial charge in [-0.2, -0.15) is 10.2 Å². The molecule has 0 saturated carbocycles. The number of nitrogen functional groups attached to an aromatic ring is 1. The topological polar surface area (TPSA) is 168 Å². The molecular weight excluding hydrogens is 664 g/mol. The number of halogens is 2. The third-order valence-electron chi connectivity index (χ3n) is 6.69. The Bertz CT molecular complexity index is 1860. The first-order valence-corrected chi connectivity index (χ1v) is 16.1. The molecule has 4 rings (SSSR count). The number of hydrogen-bond acceptors (Lipinski definition) is 9. The summed E-state index contributed by atoms with van der Waals surface area (Å²) in [7, 11) is 1.50. The normalized spacial score (nSPS) is 11.3. The van der Waals surface area contributed by atoms with E-state index in [9.17, 15) is 23.2 Å². The summed E-state index contributed by atoms with van der Waals surface area (Å²) in [5.41, 5.74) is 5.76. The first-order valence-electron chi connectivity index (χ1n) is 16.1. The van der Waals surface area contributed by atoms with Gasteiger partial charge >= 0.3 is 18.0 Å². The minimum atomic E-state index is -0.689. The number of amidine groups is 1. The third kappa shape index (κ3) is 12.0. The van der Waals surface area contributed by atoms with Gasteiger partial charge in [-0.05, 0) is 66.7 Å². The van der Waals surface area contributed by atoms with Crippen LogP contribution in [-0.4, -0.2) is 68.3 Å². The van der Waals surface area contributed by atoms with E-state index < -0.39 is 35.1 Å². The molecule has 0 unspecified atom stereocenters. The molecule has 0 aliphatic rings. The number of nitrogens with one attached hydrogen (secondary N) is 1. The molecule has 0 aliphatic carbocycles. The number of amides is 1. The van der Waals surface area contributed by atoms with Crippen LogP contribution in [-0.2, 0) is 38.5 Å². The van der Waals surface area contributed by atoms with E-state index in [-0.39, 0.29) is 55.0 Å². The number of esters is 2. The van der Waals surface area contributed by atoms with Gasteiger partial charge in [0.05, 0.1) is 31.8 Å². The maximum Gasteiger partial charge on any atom is 0.415 e. The van der Waals surface area contributed by atoms with E-state index in [4.69, 9.17) is 25.4 Å². The first kappa shape index (κ1) is 39.8. The Morgan fingerprint density at radius 3 is 1.82 bits per heavy atom. The van der Waals surface area contributed by atoms with Crippen LogP contribution in [0.3, 0.4) is 0 Å². The van der Waals surface area contributed by atoms with E-state index in [2.05, 4.69) is 10.2 Å². The number of aromatic nitrogens is 4. The molecule has 4 aromatic rings. The highest BCUT2D eigenvalue weighted by atomic mass is 19.1. The Hall–Kier alpha value is -5.60. The lowest BCUT2D eigenvalue weighted by Gasteiger charge is -2.24. The van der Waals surface area contributed by atoms with Crippen molar-refractivity contribution in [1.82, 2.24) is 19.6 Å². The summed E-state index contributed by atoms with van der Waals surface area (Å²) in [6.45, 7) is 12.6. The fourth-order valence-corrected chi connectivity index (χ4v) is 4.49. The lowest BCUT2D eigenvalue weighted by atomic mass is 10.2. The molecule has 0 fully saturated rings. The molecule has 0 aliphatic heterocycles. The maximum absolute atomic E-state index is 14.0. The predicted octanol–water partition coefficient (Wildman–Crippen LogP) is 5.86. The van der Waals surface area contributed by atoms with Gasteiger partial charge in [0.2, 0.25) is 0 Å². The van der Waals surface area contributed by atoms with Crippen molar-refractivity contribution in [3.05, 3.63) is 101 Å². The summed E-state index contributed by atoms with van der Waals surface area (Å²) in [5.74, 6) is -1.74. The SMILES string of the molecule is CC(C)(C)OC(=O)Cc1cc(C(=N)N)nn1Cc1ccccc1F.CCOC(=O)c1cc(N(C)C(=O)OC(C)(C)C)n(Cc2ccccc2F)n1. The van der Waals surface area contributed by atoms with Crippen molar-refractivity contribution in [3.63, 3.8) is 0 Å². The number of carbonyl (C=O) groups is 3. The number of rotatable bonds is 10. The van der Waals surface area contributed by atoms with Crippen molar-refractivity contribution >= 4 is 29.7 Å². The van der Waals surface area contributed by atoms with Crippen LogP contribution in [0, 0.1) is 17.0 Å². The molecule has 0 radical (unpaired) electrons. The average Bonchev–Trinajstić information content (AvgIpc) is 3.62. The molecule has 2 aromatic heterocycles. The summed E-state index contributed by atoms with van der Waals surface area (Å²) in [5, 5.41) is 15.9. The van der Waals surface area contributed by atoms with Crippen LogP contribution in [0.5, 0.6) is 0 Å². The van der Waals surface area contributed by atoms with Gasteiger partial charge in [-0.3, -0.25) is 19.8 Å². The van der Waals surface area contributed by atoms with Crippen LogP contribution in [0.2, 0.25) is 0 Å². The van der Waals surface area contributed by atoms with Gasteiger partial charge in [0, 0.05) is 24.2 Å². The highest BCUT2D eigenvalue weighted by Gasteiger charge is 2.26. The average molecular weight is 710 g/mol. The van der Waals surface area contributed by atoms with E-state index in [1.807, 2.05) is 0 Å². The number of benzene rings is 2. The molecular formula is C36H45F2N7O6. The molecule has 0 saturated heterocycles. The molecule has 274 valence electrons. The Balaban J connectivity index is 0.000000277. The van der Waals surface area contributed by atoms with Gasteiger partial charge in [0.15, 0.2) is 5.69 Å². The molecule has 3 N–H and O–H groups in total. The smallest absolute Gasteiger partial charge is 0.415 e. The summed E-state index contributed by atoms with van der Waals surface area (Å²) in [6, 6.07) is 15.5. The molecule has 13 nitrogen and oxygen atoms in total. The van der Waals surface area contributed by atoms with Crippen molar-refractivity contribution in [2.24, 2.45) is 5.73 Å². The van der Waals surface area contributed by atoms with Crippen LogP contribution in [0.1, 0.15) is 81.5 Å². The van der Waals surface area contributed by atoms with Crippen molar-refractivity contribution in [2.45, 2.75) is 79.2 Å². The Kier molecular flexibility index (Phi) is 13.2. The third-order valence-corrected chi connectivity index (χ3v) is 6.69. The quantitative estimate of drug-likeness (QED) is 0.0888. The summed E-state index contributed by atoms with van der Waals surface area (Å²) in [6.07, 6.45) is -0.654. The molecule has 2 aromatic carbocycles. The van der Waals surface area contributed by atoms with Crippen molar-refractivity contribution < 1.29 is 37.4 Å². The molecule has 0 bridgehead atoms. The van der Waals surface area contributed by atoms with Crippen LogP contribution < -0.4 is 10.6 Å². The zero-order valence-electron chi connectivity index (χ0n) is 30.1. The standard InChI is InChI=1S/C19H24FN3O4.C17H21FN4O2/c1-6-26-17(24)15-11-16(22(5)18(25)27-19(2,3)4)23(21-15)12-13-9-7-8-10-14(13)20;1-17(2,3)24-15(23)9-12-8-14(16(19)20)21-22(12)10-11-6-4-5-7-13(11)18/h7-11H,6,12H2,1-5H3;4-8H,9-10H2,1-3H3,(H3,19,20). The number of hydrogen-bond donors (Lipinski definition) is 2. The zero-order valence-corrected chi connectivity index (χ0v) is 30.1. The van der Waals surface area contributed by atoms with E-state index >= 15 is 0 Å². The minimum absolute atomic E-state index is 0.0265. The number of nitrogens with two attached hydrogens (primary N) is 1. The first-order chi connectivity index (χ1) is 23.8. The van der Waals surface area contributed by atoms with Crippen molar-refractivity contribution in [2.75, 3.05) is 18.6 Å². The van der Waals surface area contributed by atoms with Crippen molar-refractivity contribution in [3.8, 4) is 0 Å². The largest absolute Gasteiger partial charge is 0.461 e. The van der Waals surface area contributed by atoms with E-state index in [1.54, 1.807) is 90.9 Å². The monoisotopic (exact) mass is 709 g/mol. The molecule has 1 amide bonds. The minimum Gasteiger partial charge on any atom is -0.461 e. The maximum atomic E-state index is 14.0. The molecule has 0 atom stereocenters. The molecule has 15 heteroatoms. The Labute approximate surface area is 295 Å². The number of ether oxygens (including phenoxy) is 3. The molecule has 51 heavy (non-hydrogen) atoms. The van der Waals surface area contributed by atoms with Crippen molar-refractivity contribution in [1.29, 1.82) is 5.41 Å². The second-order valence-electron chi connectivity index (χ2n) is 13.3. The van der Waals surface area contributed by atoms with Gasteiger partial charge < -0.3 is 19.9 Å². The summed E-state index contributed by atoms with van der Waals surface area (Å²) in [4.78, 5) is 37.7. The van der Waals surface area contributed by atoms with Gasteiger partial charge in [-0.1, -0.05) is 36.4 Å². The van der Waals surface area contributed by atoms with Crippen LogP contribution >= 0.6 is 0 Å². The Morgan fingerprint density at radius 1 is 0.824 bits per heavy atom. The van der Waals surface area contributed by atoms with Gasteiger partial charge in [0.25, 0.3) is 0 Å². The van der Waals surface area contributed by atoms with Crippen LogP contribution in [0.15, 0.2) is 60.7 Å². The molecule has 0 spiro atoms. The number of nitrogens with zero attached hydrogens (tertiary/aromatic N) is 5. The number of anilines is 1. The summed E-state index contributed by atoms with van der Waals surface area (Å²) < 4.78 is 46.4. The zero-order chi connectivity index (χ0) is 38.1. The second-order valence-corrected chi connectivity index (χ2v) is 13.3. The number of carbonyl (C=O) groups excluding carboxylic acids is 3. The fraction of sp³-hybridized carbons (Fsp3) is 0.389. The predicted molar refractivity (Wildman–Crippen MR) is 187 cm³/mol. The van der Waals surface area contributed by atoms with E-state index in [0.29, 0.717) is 16.8 Å². The van der Waals surface area contributed by atoms with Crippen LogP contribution in [0.25, 0.3) is 0 Å². The highest BCUT2D eigenvalue weighted by molar-refractivity contribution is 5.93. The second kappa shape index (κ2) is 16.9. The van der Waals surface area contributed by atoms with Gasteiger partial charge in [0.1, 0.15) is 40.2 Å². The lowest BCUT2D eigenvalue weighted by molar-refractivity contribution is -0.154. The molecule has 2 heterocycles.